The maximum Gasteiger partial charge on any atom is 0.573 e. The van der Waals surface area contributed by atoms with Gasteiger partial charge in [-0.2, -0.15) is 0 Å². The maximum atomic E-state index is 12.5. The summed E-state index contributed by atoms with van der Waals surface area (Å²) in [6.07, 6.45) is -1.91. The minimum atomic E-state index is -4.75. The van der Waals surface area contributed by atoms with E-state index < -0.39 is 12.3 Å². The summed E-state index contributed by atoms with van der Waals surface area (Å²) in [6.45, 7) is 7.83. The molecule has 0 saturated heterocycles. The van der Waals surface area contributed by atoms with Crippen LogP contribution in [0.4, 0.5) is 13.2 Å². The van der Waals surface area contributed by atoms with Gasteiger partial charge >= 0.3 is 12.3 Å². The van der Waals surface area contributed by atoms with Crippen LogP contribution >= 0.6 is 0 Å². The Hall–Kier alpha value is -3.23. The molecule has 0 spiro atoms. The van der Waals surface area contributed by atoms with E-state index in [0.29, 0.717) is 17.8 Å². The van der Waals surface area contributed by atoms with Gasteiger partial charge in [-0.05, 0) is 50.5 Å². The van der Waals surface area contributed by atoms with Crippen molar-refractivity contribution >= 4 is 17.0 Å². The lowest BCUT2D eigenvalue weighted by Crippen LogP contribution is -2.17. The SMILES string of the molecule is CCC[C@@H](CC)n1c(Cc2ccc(OC(F)(F)F)cc2)nc2cc(C(=O)O)c(OC(C)C)cc21. The second-order valence-corrected chi connectivity index (χ2v) is 8.43. The van der Waals surface area contributed by atoms with Crippen molar-refractivity contribution in [3.63, 3.8) is 0 Å². The highest BCUT2D eigenvalue weighted by atomic mass is 19.4. The van der Waals surface area contributed by atoms with Crippen LogP contribution in [-0.4, -0.2) is 33.1 Å². The van der Waals surface area contributed by atoms with Gasteiger partial charge in [0.15, 0.2) is 0 Å². The third-order valence-corrected chi connectivity index (χ3v) is 5.43. The van der Waals surface area contributed by atoms with Gasteiger partial charge in [-0.25, -0.2) is 9.78 Å². The molecule has 3 rings (SSSR count). The van der Waals surface area contributed by atoms with Crippen molar-refractivity contribution in [3.05, 3.63) is 53.3 Å². The second kappa shape index (κ2) is 10.4. The summed E-state index contributed by atoms with van der Waals surface area (Å²) in [4.78, 5) is 16.6. The molecule has 0 amide bonds. The number of nitrogens with zero attached hydrogens (tertiary/aromatic N) is 2. The topological polar surface area (TPSA) is 73.6 Å². The summed E-state index contributed by atoms with van der Waals surface area (Å²) in [6, 6.07) is 9.07. The van der Waals surface area contributed by atoms with Gasteiger partial charge in [0.2, 0.25) is 0 Å². The van der Waals surface area contributed by atoms with Gasteiger partial charge in [0.1, 0.15) is 22.9 Å². The van der Waals surface area contributed by atoms with E-state index in [1.807, 2.05) is 13.8 Å². The Morgan fingerprint density at radius 1 is 1.15 bits per heavy atom. The lowest BCUT2D eigenvalue weighted by molar-refractivity contribution is -0.274. The van der Waals surface area contributed by atoms with E-state index in [-0.39, 0.29) is 29.2 Å². The number of imidazole rings is 1. The van der Waals surface area contributed by atoms with Crippen LogP contribution in [0, 0.1) is 0 Å². The molecule has 0 unspecified atom stereocenters. The molecule has 0 radical (unpaired) electrons. The number of aromatic nitrogens is 2. The van der Waals surface area contributed by atoms with Crippen LogP contribution in [0.5, 0.6) is 11.5 Å². The first-order valence-electron chi connectivity index (χ1n) is 11.3. The van der Waals surface area contributed by atoms with Crippen LogP contribution in [0.1, 0.15) is 74.7 Å². The van der Waals surface area contributed by atoms with Gasteiger partial charge in [0.05, 0.1) is 17.1 Å². The largest absolute Gasteiger partial charge is 0.573 e. The van der Waals surface area contributed by atoms with E-state index in [0.717, 1.165) is 30.3 Å². The number of aromatic carboxylic acids is 1. The van der Waals surface area contributed by atoms with Crippen molar-refractivity contribution in [1.82, 2.24) is 9.55 Å². The van der Waals surface area contributed by atoms with Gasteiger partial charge < -0.3 is 19.1 Å². The van der Waals surface area contributed by atoms with Crippen molar-refractivity contribution in [1.29, 1.82) is 0 Å². The molecule has 184 valence electrons. The van der Waals surface area contributed by atoms with Crippen LogP contribution < -0.4 is 9.47 Å². The minimum Gasteiger partial charge on any atom is -0.490 e. The van der Waals surface area contributed by atoms with Crippen molar-refractivity contribution in [2.45, 2.75) is 71.9 Å². The smallest absolute Gasteiger partial charge is 0.490 e. The number of carbonyl (C=O) groups is 1. The fourth-order valence-electron chi connectivity index (χ4n) is 4.06. The monoisotopic (exact) mass is 478 g/mol. The van der Waals surface area contributed by atoms with Gasteiger partial charge in [-0.15, -0.1) is 13.2 Å². The maximum absolute atomic E-state index is 12.5. The molecule has 1 aromatic heterocycles. The number of ether oxygens (including phenoxy) is 2. The Balaban J connectivity index is 2.09. The number of fused-ring (bicyclic) bond motifs is 1. The highest BCUT2D eigenvalue weighted by Gasteiger charge is 2.31. The van der Waals surface area contributed by atoms with Crippen LogP contribution in [-0.2, 0) is 6.42 Å². The van der Waals surface area contributed by atoms with Gasteiger partial charge in [-0.3, -0.25) is 0 Å². The minimum absolute atomic E-state index is 0.0367. The molecule has 9 heteroatoms. The molecule has 3 aromatic rings. The van der Waals surface area contributed by atoms with Crippen LogP contribution in [0.3, 0.4) is 0 Å². The predicted molar refractivity (Wildman–Crippen MR) is 123 cm³/mol. The molecular weight excluding hydrogens is 449 g/mol. The van der Waals surface area contributed by atoms with E-state index in [1.165, 1.54) is 18.2 Å². The Kier molecular flexibility index (Phi) is 7.74. The van der Waals surface area contributed by atoms with E-state index >= 15 is 0 Å². The molecule has 1 heterocycles. The van der Waals surface area contributed by atoms with Gasteiger partial charge in [0, 0.05) is 18.5 Å². The highest BCUT2D eigenvalue weighted by Crippen LogP contribution is 2.33. The normalized spacial score (nSPS) is 12.8. The summed E-state index contributed by atoms with van der Waals surface area (Å²) in [5.41, 5.74) is 2.10. The molecule has 6 nitrogen and oxygen atoms in total. The quantitative estimate of drug-likeness (QED) is 0.348. The fourth-order valence-corrected chi connectivity index (χ4v) is 4.06. The molecule has 0 bridgehead atoms. The summed E-state index contributed by atoms with van der Waals surface area (Å²) in [5.74, 6) is -0.404. The zero-order valence-corrected chi connectivity index (χ0v) is 19.6. The average molecular weight is 479 g/mol. The molecule has 0 aliphatic heterocycles. The van der Waals surface area contributed by atoms with Crippen molar-refractivity contribution < 1.29 is 32.5 Å². The van der Waals surface area contributed by atoms with E-state index in [2.05, 4.69) is 23.2 Å². The van der Waals surface area contributed by atoms with E-state index in [9.17, 15) is 23.1 Å². The summed E-state index contributed by atoms with van der Waals surface area (Å²) < 4.78 is 49.3. The predicted octanol–water partition coefficient (Wildman–Crippen LogP) is 6.76. The number of hydrogen-bond acceptors (Lipinski definition) is 4. The van der Waals surface area contributed by atoms with E-state index in [4.69, 9.17) is 9.72 Å². The molecule has 0 fully saturated rings. The number of carboxylic acid groups (broad SMARTS) is 1. The third-order valence-electron chi connectivity index (χ3n) is 5.43. The number of carboxylic acids is 1. The Labute approximate surface area is 196 Å². The Bertz CT molecular complexity index is 1140. The molecule has 0 saturated carbocycles. The Morgan fingerprint density at radius 2 is 1.82 bits per heavy atom. The number of benzene rings is 2. The average Bonchev–Trinajstić information content (AvgIpc) is 3.08. The molecule has 0 aliphatic carbocycles. The molecule has 1 N–H and O–H groups in total. The second-order valence-electron chi connectivity index (χ2n) is 8.43. The Morgan fingerprint density at radius 3 is 2.35 bits per heavy atom. The third kappa shape index (κ3) is 6.01. The molecule has 34 heavy (non-hydrogen) atoms. The fraction of sp³-hybridized carbons (Fsp3) is 0.440. The van der Waals surface area contributed by atoms with Crippen LogP contribution in [0.25, 0.3) is 11.0 Å². The van der Waals surface area contributed by atoms with Crippen LogP contribution in [0.2, 0.25) is 0 Å². The molecule has 2 aromatic carbocycles. The standard InChI is InChI=1S/C25H29F3N2O4/c1-5-7-17(6-2)30-21-14-22(33-15(3)4)19(24(31)32)13-20(21)29-23(30)12-16-8-10-18(11-9-16)34-25(26,27)28/h8-11,13-15,17H,5-7,12H2,1-4H3,(H,31,32)/t17-/m1/s1. The van der Waals surface area contributed by atoms with E-state index in [1.54, 1.807) is 18.2 Å². The highest BCUT2D eigenvalue weighted by molar-refractivity contribution is 5.96. The number of halogens is 3. The lowest BCUT2D eigenvalue weighted by atomic mass is 10.1. The lowest BCUT2D eigenvalue weighted by Gasteiger charge is -2.21. The number of hydrogen-bond donors (Lipinski definition) is 1. The zero-order chi connectivity index (χ0) is 25.0. The molecular formula is C25H29F3N2O4. The number of alkyl halides is 3. The van der Waals surface area contributed by atoms with Crippen molar-refractivity contribution in [2.24, 2.45) is 0 Å². The van der Waals surface area contributed by atoms with Crippen LogP contribution in [0.15, 0.2) is 36.4 Å². The molecule has 1 atom stereocenters. The summed E-state index contributed by atoms with van der Waals surface area (Å²) in [7, 11) is 0. The summed E-state index contributed by atoms with van der Waals surface area (Å²) in [5, 5.41) is 9.69. The van der Waals surface area contributed by atoms with Gasteiger partial charge in [-0.1, -0.05) is 32.4 Å². The van der Waals surface area contributed by atoms with Gasteiger partial charge in [0.25, 0.3) is 0 Å². The number of rotatable bonds is 10. The first kappa shape index (κ1) is 25.4. The van der Waals surface area contributed by atoms with Crippen molar-refractivity contribution in [3.8, 4) is 11.5 Å². The summed E-state index contributed by atoms with van der Waals surface area (Å²) >= 11 is 0. The first-order valence-corrected chi connectivity index (χ1v) is 11.3. The zero-order valence-electron chi connectivity index (χ0n) is 19.6. The first-order chi connectivity index (χ1) is 16.0. The van der Waals surface area contributed by atoms with Crippen molar-refractivity contribution in [2.75, 3.05) is 0 Å². The molecule has 0 aliphatic rings.